The van der Waals surface area contributed by atoms with Crippen molar-refractivity contribution >= 4 is 46.0 Å². The van der Waals surface area contributed by atoms with Gasteiger partial charge in [-0.05, 0) is 73.5 Å². The molecule has 0 fully saturated rings. The SMILES string of the molecule is Cc1ccc(NNc2ccc(NNc3ccc(C)cc3Cl)cc2)c(Cl)c1. The van der Waals surface area contributed by atoms with Crippen molar-refractivity contribution in [3.8, 4) is 0 Å². The van der Waals surface area contributed by atoms with E-state index in [2.05, 4.69) is 21.7 Å². The molecule has 3 rings (SSSR count). The van der Waals surface area contributed by atoms with E-state index < -0.39 is 0 Å². The van der Waals surface area contributed by atoms with Gasteiger partial charge < -0.3 is 10.9 Å². The second-order valence-electron chi connectivity index (χ2n) is 6.04. The lowest BCUT2D eigenvalue weighted by Gasteiger charge is -2.14. The molecule has 0 spiro atoms. The van der Waals surface area contributed by atoms with Crippen LogP contribution in [-0.2, 0) is 0 Å². The van der Waals surface area contributed by atoms with E-state index in [4.69, 9.17) is 23.2 Å². The molecule has 0 unspecified atom stereocenters. The first-order chi connectivity index (χ1) is 12.5. The highest BCUT2D eigenvalue weighted by molar-refractivity contribution is 6.33. The Balaban J connectivity index is 1.56. The monoisotopic (exact) mass is 386 g/mol. The molecule has 0 saturated heterocycles. The number of halogens is 2. The summed E-state index contributed by atoms with van der Waals surface area (Å²) in [4.78, 5) is 0. The fourth-order valence-electron chi connectivity index (χ4n) is 2.36. The van der Waals surface area contributed by atoms with Crippen LogP contribution < -0.4 is 21.7 Å². The van der Waals surface area contributed by atoms with Gasteiger partial charge in [-0.2, -0.15) is 0 Å². The van der Waals surface area contributed by atoms with Crippen molar-refractivity contribution in [2.24, 2.45) is 0 Å². The lowest BCUT2D eigenvalue weighted by Crippen LogP contribution is -2.10. The van der Waals surface area contributed by atoms with Crippen molar-refractivity contribution in [1.29, 1.82) is 0 Å². The van der Waals surface area contributed by atoms with Crippen molar-refractivity contribution < 1.29 is 0 Å². The molecule has 0 radical (unpaired) electrons. The van der Waals surface area contributed by atoms with Crippen LogP contribution in [0.5, 0.6) is 0 Å². The van der Waals surface area contributed by atoms with Gasteiger partial charge in [-0.1, -0.05) is 35.3 Å². The van der Waals surface area contributed by atoms with Gasteiger partial charge in [-0.3, -0.25) is 10.9 Å². The maximum absolute atomic E-state index is 6.21. The van der Waals surface area contributed by atoms with Crippen molar-refractivity contribution in [2.75, 3.05) is 21.7 Å². The van der Waals surface area contributed by atoms with Crippen LogP contribution in [0.1, 0.15) is 11.1 Å². The van der Waals surface area contributed by atoms with Crippen LogP contribution >= 0.6 is 23.2 Å². The summed E-state index contributed by atoms with van der Waals surface area (Å²) >= 11 is 12.4. The zero-order valence-electron chi connectivity index (χ0n) is 14.5. The normalized spacial score (nSPS) is 10.3. The van der Waals surface area contributed by atoms with Crippen molar-refractivity contribution in [3.63, 3.8) is 0 Å². The molecule has 0 heterocycles. The number of benzene rings is 3. The third-order valence-corrected chi connectivity index (χ3v) is 4.44. The smallest absolute Gasteiger partial charge is 0.0726 e. The molecule has 4 nitrogen and oxygen atoms in total. The van der Waals surface area contributed by atoms with Gasteiger partial charge in [0.2, 0.25) is 0 Å². The molecule has 26 heavy (non-hydrogen) atoms. The zero-order valence-corrected chi connectivity index (χ0v) is 16.0. The Kier molecular flexibility index (Phi) is 5.76. The Morgan fingerprint density at radius 2 is 0.923 bits per heavy atom. The highest BCUT2D eigenvalue weighted by Gasteiger charge is 2.01. The van der Waals surface area contributed by atoms with Gasteiger partial charge >= 0.3 is 0 Å². The third-order valence-electron chi connectivity index (χ3n) is 3.82. The standard InChI is InChI=1S/C20H20Cl2N4/c1-13-3-9-19(17(21)11-13)25-23-15-5-7-16(8-6-15)24-26-20-10-4-14(2)12-18(20)22/h3-12,23-26H,1-2H3. The highest BCUT2D eigenvalue weighted by atomic mass is 35.5. The van der Waals surface area contributed by atoms with Gasteiger partial charge in [0.15, 0.2) is 0 Å². The number of rotatable bonds is 6. The number of hydrogen-bond acceptors (Lipinski definition) is 4. The number of hydrazine groups is 2. The molecular formula is C20H20Cl2N4. The second-order valence-corrected chi connectivity index (χ2v) is 6.86. The van der Waals surface area contributed by atoms with Crippen LogP contribution in [0, 0.1) is 13.8 Å². The van der Waals surface area contributed by atoms with E-state index in [0.717, 1.165) is 33.9 Å². The number of hydrogen-bond donors (Lipinski definition) is 4. The first-order valence-corrected chi connectivity index (χ1v) is 8.93. The molecule has 0 atom stereocenters. The quantitative estimate of drug-likeness (QED) is 0.365. The predicted octanol–water partition coefficient (Wildman–Crippen LogP) is 6.49. The molecule has 0 aliphatic rings. The zero-order chi connectivity index (χ0) is 18.5. The first-order valence-electron chi connectivity index (χ1n) is 8.18. The van der Waals surface area contributed by atoms with E-state index in [0.29, 0.717) is 10.0 Å². The average Bonchev–Trinajstić information content (AvgIpc) is 2.61. The fourth-order valence-corrected chi connectivity index (χ4v) is 2.92. The maximum Gasteiger partial charge on any atom is 0.0726 e. The summed E-state index contributed by atoms with van der Waals surface area (Å²) in [5.41, 5.74) is 18.2. The minimum atomic E-state index is 0.676. The number of anilines is 4. The minimum Gasteiger partial charge on any atom is -0.301 e. The summed E-state index contributed by atoms with van der Waals surface area (Å²) in [6.45, 7) is 4.01. The number of aryl methyl sites for hydroxylation is 2. The largest absolute Gasteiger partial charge is 0.301 e. The lowest BCUT2D eigenvalue weighted by atomic mass is 10.2. The molecule has 0 aliphatic carbocycles. The Morgan fingerprint density at radius 1 is 0.538 bits per heavy atom. The van der Waals surface area contributed by atoms with Gasteiger partial charge in [0.05, 0.1) is 32.8 Å². The van der Waals surface area contributed by atoms with E-state index in [1.165, 1.54) is 0 Å². The Hall–Kier alpha value is -2.56. The van der Waals surface area contributed by atoms with Crippen LogP contribution in [0.2, 0.25) is 10.0 Å². The Labute approximate surface area is 163 Å². The topological polar surface area (TPSA) is 48.1 Å². The third kappa shape index (κ3) is 4.75. The van der Waals surface area contributed by atoms with Gasteiger partial charge in [0.1, 0.15) is 0 Å². The molecule has 6 heteroatoms. The molecule has 0 amide bonds. The summed E-state index contributed by atoms with van der Waals surface area (Å²) in [5, 5.41) is 1.35. The molecule has 0 aromatic heterocycles. The van der Waals surface area contributed by atoms with Crippen LogP contribution in [0.4, 0.5) is 22.7 Å². The minimum absolute atomic E-state index is 0.676. The lowest BCUT2D eigenvalue weighted by molar-refractivity contribution is 1.37. The van der Waals surface area contributed by atoms with Crippen molar-refractivity contribution in [3.05, 3.63) is 81.8 Å². The summed E-state index contributed by atoms with van der Waals surface area (Å²) in [6, 6.07) is 19.5. The van der Waals surface area contributed by atoms with Gasteiger partial charge in [-0.15, -0.1) is 0 Å². The van der Waals surface area contributed by atoms with Crippen LogP contribution in [-0.4, -0.2) is 0 Å². The van der Waals surface area contributed by atoms with Gasteiger partial charge in [0.25, 0.3) is 0 Å². The van der Waals surface area contributed by atoms with Gasteiger partial charge in [-0.25, -0.2) is 0 Å². The van der Waals surface area contributed by atoms with Crippen molar-refractivity contribution in [2.45, 2.75) is 13.8 Å². The molecule has 4 N–H and O–H groups in total. The Morgan fingerprint density at radius 3 is 1.27 bits per heavy atom. The fraction of sp³-hybridized carbons (Fsp3) is 0.100. The summed E-state index contributed by atoms with van der Waals surface area (Å²) in [5.74, 6) is 0. The van der Waals surface area contributed by atoms with Crippen LogP contribution in [0.3, 0.4) is 0 Å². The summed E-state index contributed by atoms with van der Waals surface area (Å²) in [7, 11) is 0. The first kappa shape index (κ1) is 18.2. The molecule has 0 saturated carbocycles. The maximum atomic E-state index is 6.21. The van der Waals surface area contributed by atoms with E-state index >= 15 is 0 Å². The predicted molar refractivity (Wildman–Crippen MR) is 113 cm³/mol. The van der Waals surface area contributed by atoms with Crippen LogP contribution in [0.25, 0.3) is 0 Å². The van der Waals surface area contributed by atoms with E-state index in [1.807, 2.05) is 74.5 Å². The number of nitrogens with one attached hydrogen (secondary N) is 4. The summed E-state index contributed by atoms with van der Waals surface area (Å²) < 4.78 is 0. The molecular weight excluding hydrogens is 367 g/mol. The summed E-state index contributed by atoms with van der Waals surface area (Å²) in [6.07, 6.45) is 0. The van der Waals surface area contributed by atoms with E-state index in [1.54, 1.807) is 0 Å². The molecule has 134 valence electrons. The highest BCUT2D eigenvalue weighted by Crippen LogP contribution is 2.24. The molecule has 0 bridgehead atoms. The Bertz CT molecular complexity index is 820. The van der Waals surface area contributed by atoms with Crippen LogP contribution in [0.15, 0.2) is 60.7 Å². The van der Waals surface area contributed by atoms with E-state index in [-0.39, 0.29) is 0 Å². The average molecular weight is 387 g/mol. The second kappa shape index (κ2) is 8.21. The van der Waals surface area contributed by atoms with E-state index in [9.17, 15) is 0 Å². The van der Waals surface area contributed by atoms with Gasteiger partial charge in [0, 0.05) is 0 Å². The molecule has 0 aliphatic heterocycles. The molecule has 3 aromatic rings. The molecule has 3 aromatic carbocycles. The van der Waals surface area contributed by atoms with Crippen molar-refractivity contribution in [1.82, 2.24) is 0 Å².